The Hall–Kier alpha value is -5.38. The number of carbonyl (C=O) groups is 3. The second-order valence-corrected chi connectivity index (χ2v) is 9.85. The van der Waals surface area contributed by atoms with Crippen molar-refractivity contribution in [3.05, 3.63) is 102 Å². The molecule has 0 spiro atoms. The van der Waals surface area contributed by atoms with Crippen molar-refractivity contribution in [2.24, 2.45) is 0 Å². The maximum Gasteiger partial charge on any atom is 0.413 e. The van der Waals surface area contributed by atoms with Crippen LogP contribution in [0.15, 0.2) is 85.0 Å². The van der Waals surface area contributed by atoms with Crippen molar-refractivity contribution in [2.75, 3.05) is 32.3 Å². The number of carbonyl (C=O) groups excluding carboxylic acids is 3. The number of nitrogens with zero attached hydrogens (tertiary/aromatic N) is 2. The number of likely N-dealkylation sites (tertiary alicyclic amines) is 1. The predicted octanol–water partition coefficient (Wildman–Crippen LogP) is 5.97. The molecule has 2 aliphatic rings. The van der Waals surface area contributed by atoms with E-state index in [-0.39, 0.29) is 24.4 Å². The summed E-state index contributed by atoms with van der Waals surface area (Å²) >= 11 is 0. The molecule has 6 rings (SSSR count). The Morgan fingerprint density at radius 1 is 0.907 bits per heavy atom. The number of nitrogens with one attached hydrogen (secondary N) is 2. The third kappa shape index (κ3) is 7.68. The van der Waals surface area contributed by atoms with Crippen molar-refractivity contribution in [3.8, 4) is 11.5 Å². The van der Waals surface area contributed by atoms with Gasteiger partial charge in [-0.2, -0.15) is 0 Å². The highest BCUT2D eigenvalue weighted by atomic mass is 16.7. The van der Waals surface area contributed by atoms with Gasteiger partial charge in [0.05, 0.1) is 18.1 Å². The summed E-state index contributed by atoms with van der Waals surface area (Å²) in [5.41, 5.74) is 3.50. The fraction of sp³-hybridized carbons (Fsp3) is 0.212. The van der Waals surface area contributed by atoms with Crippen LogP contribution in [-0.4, -0.2) is 59.6 Å². The average molecular weight is 581 g/mol. The number of H-pyrrole nitrogens is 1. The van der Waals surface area contributed by atoms with Gasteiger partial charge in [0.2, 0.25) is 18.6 Å². The standard InChI is InChI=1S/C17H19NO3.C16H13N3O3/c19-17(18-10-4-1-5-11-18)7-3-2-6-14-8-9-15-16(12-14)21-13-20-15;1-22-16(21)19-15-17-12-8-7-11(9-13(12)18-15)14(20)10-5-3-2-4-6-10/h2-3,6-9,12H,1,4-5,10-11,13H2;2-9H,1H3,(H2,17,18,19,21). The van der Waals surface area contributed by atoms with Gasteiger partial charge in [0.1, 0.15) is 0 Å². The van der Waals surface area contributed by atoms with Gasteiger partial charge in [-0.15, -0.1) is 0 Å². The normalized spacial score (nSPS) is 14.0. The first-order chi connectivity index (χ1) is 21.0. The number of anilines is 1. The number of amides is 2. The first-order valence-corrected chi connectivity index (χ1v) is 14.0. The number of methoxy groups -OCH3 is 1. The van der Waals surface area contributed by atoms with E-state index in [4.69, 9.17) is 9.47 Å². The minimum atomic E-state index is -0.611. The molecule has 3 heterocycles. The van der Waals surface area contributed by atoms with Crippen molar-refractivity contribution < 1.29 is 28.6 Å². The maximum atomic E-state index is 12.4. The van der Waals surface area contributed by atoms with Gasteiger partial charge >= 0.3 is 6.09 Å². The zero-order chi connectivity index (χ0) is 30.0. The van der Waals surface area contributed by atoms with Gasteiger partial charge < -0.3 is 24.1 Å². The minimum Gasteiger partial charge on any atom is -0.454 e. The Bertz CT molecular complexity index is 1650. The molecule has 10 heteroatoms. The molecule has 0 atom stereocenters. The molecule has 3 aromatic carbocycles. The molecular weight excluding hydrogens is 548 g/mol. The second kappa shape index (κ2) is 14.0. The maximum absolute atomic E-state index is 12.4. The van der Waals surface area contributed by atoms with Crippen molar-refractivity contribution in [1.82, 2.24) is 14.9 Å². The van der Waals surface area contributed by atoms with E-state index in [1.54, 1.807) is 42.5 Å². The minimum absolute atomic E-state index is 0.0698. The first kappa shape index (κ1) is 29.1. The zero-order valence-electron chi connectivity index (χ0n) is 23.7. The third-order valence-corrected chi connectivity index (χ3v) is 6.89. The molecule has 2 aliphatic heterocycles. The number of hydrogen-bond acceptors (Lipinski definition) is 7. The molecule has 43 heavy (non-hydrogen) atoms. The molecule has 4 aromatic rings. The van der Waals surface area contributed by atoms with E-state index >= 15 is 0 Å². The highest BCUT2D eigenvalue weighted by Crippen LogP contribution is 2.32. The quantitative estimate of drug-likeness (QED) is 0.164. The lowest BCUT2D eigenvalue weighted by Crippen LogP contribution is -2.34. The van der Waals surface area contributed by atoms with Crippen LogP contribution in [0.2, 0.25) is 0 Å². The topological polar surface area (TPSA) is 123 Å². The molecule has 2 N–H and O–H groups in total. The third-order valence-electron chi connectivity index (χ3n) is 6.89. The molecule has 10 nitrogen and oxygen atoms in total. The highest BCUT2D eigenvalue weighted by Gasteiger charge is 2.14. The van der Waals surface area contributed by atoms with E-state index in [0.717, 1.165) is 43.0 Å². The van der Waals surface area contributed by atoms with Crippen LogP contribution in [-0.2, 0) is 9.53 Å². The number of benzene rings is 3. The van der Waals surface area contributed by atoms with Gasteiger partial charge in [0.15, 0.2) is 17.3 Å². The van der Waals surface area contributed by atoms with Crippen LogP contribution in [0.3, 0.4) is 0 Å². The molecule has 2 amide bonds. The summed E-state index contributed by atoms with van der Waals surface area (Å²) in [4.78, 5) is 44.5. The molecule has 0 saturated carbocycles. The lowest BCUT2D eigenvalue weighted by Gasteiger charge is -2.25. The molecule has 0 aliphatic carbocycles. The number of ether oxygens (including phenoxy) is 3. The Morgan fingerprint density at radius 3 is 2.49 bits per heavy atom. The fourth-order valence-electron chi connectivity index (χ4n) is 4.66. The monoisotopic (exact) mass is 580 g/mol. The van der Waals surface area contributed by atoms with E-state index in [0.29, 0.717) is 22.2 Å². The van der Waals surface area contributed by atoms with Crippen molar-refractivity contribution in [3.63, 3.8) is 0 Å². The number of rotatable bonds is 6. The lowest BCUT2D eigenvalue weighted by molar-refractivity contribution is -0.126. The summed E-state index contributed by atoms with van der Waals surface area (Å²) in [5.74, 6) is 1.85. The van der Waals surface area contributed by atoms with Crippen molar-refractivity contribution in [2.45, 2.75) is 19.3 Å². The Balaban J connectivity index is 0.000000171. The van der Waals surface area contributed by atoms with Crippen LogP contribution < -0.4 is 14.8 Å². The van der Waals surface area contributed by atoms with Crippen LogP contribution >= 0.6 is 0 Å². The number of imidazole rings is 1. The number of ketones is 1. The average Bonchev–Trinajstić information content (AvgIpc) is 3.69. The van der Waals surface area contributed by atoms with Crippen LogP contribution in [0.1, 0.15) is 40.7 Å². The van der Waals surface area contributed by atoms with Gasteiger partial charge in [0, 0.05) is 30.3 Å². The molecule has 1 saturated heterocycles. The van der Waals surface area contributed by atoms with Crippen molar-refractivity contribution in [1.29, 1.82) is 0 Å². The van der Waals surface area contributed by atoms with Crippen LogP contribution in [0.4, 0.5) is 10.7 Å². The van der Waals surface area contributed by atoms with Gasteiger partial charge in [-0.25, -0.2) is 9.78 Å². The predicted molar refractivity (Wildman–Crippen MR) is 163 cm³/mol. The van der Waals surface area contributed by atoms with E-state index < -0.39 is 6.09 Å². The summed E-state index contributed by atoms with van der Waals surface area (Å²) < 4.78 is 15.1. The number of aromatic nitrogens is 2. The smallest absolute Gasteiger partial charge is 0.413 e. The summed E-state index contributed by atoms with van der Waals surface area (Å²) in [7, 11) is 1.27. The molecule has 1 fully saturated rings. The molecule has 0 unspecified atom stereocenters. The number of hydrogen-bond donors (Lipinski definition) is 2. The second-order valence-electron chi connectivity index (χ2n) is 9.85. The number of fused-ring (bicyclic) bond motifs is 2. The largest absolute Gasteiger partial charge is 0.454 e. The molecular formula is C33H32N4O6. The first-order valence-electron chi connectivity index (χ1n) is 14.0. The molecule has 0 bridgehead atoms. The number of allylic oxidation sites excluding steroid dienone is 2. The van der Waals surface area contributed by atoms with E-state index in [1.807, 2.05) is 53.5 Å². The van der Waals surface area contributed by atoms with Crippen molar-refractivity contribution >= 4 is 40.8 Å². The van der Waals surface area contributed by atoms with E-state index in [9.17, 15) is 14.4 Å². The Kier molecular flexibility index (Phi) is 9.48. The van der Waals surface area contributed by atoms with E-state index in [2.05, 4.69) is 20.0 Å². The Morgan fingerprint density at radius 2 is 1.70 bits per heavy atom. The lowest BCUT2D eigenvalue weighted by atomic mass is 10.0. The van der Waals surface area contributed by atoms with Gasteiger partial charge in [0.25, 0.3) is 0 Å². The fourth-order valence-corrected chi connectivity index (χ4v) is 4.66. The number of aromatic amines is 1. The number of piperidine rings is 1. The summed E-state index contributed by atoms with van der Waals surface area (Å²) in [6.45, 7) is 2.05. The van der Waals surface area contributed by atoms with Gasteiger partial charge in [-0.05, 0) is 55.2 Å². The zero-order valence-corrected chi connectivity index (χ0v) is 23.7. The summed E-state index contributed by atoms with van der Waals surface area (Å²) in [6.07, 6.45) is 10.1. The summed E-state index contributed by atoms with van der Waals surface area (Å²) in [6, 6.07) is 20.0. The molecule has 220 valence electrons. The SMILES string of the molecule is COC(=O)Nc1nc2ccc(C(=O)c3ccccc3)cc2[nH]1.O=C(C=CC=Cc1ccc2c(c1)OCO2)N1CCCCC1. The van der Waals surface area contributed by atoms with Gasteiger partial charge in [-0.1, -0.05) is 54.6 Å². The van der Waals surface area contributed by atoms with Crippen LogP contribution in [0.5, 0.6) is 11.5 Å². The summed E-state index contributed by atoms with van der Waals surface area (Å²) in [5, 5.41) is 2.45. The molecule has 0 radical (unpaired) electrons. The highest BCUT2D eigenvalue weighted by molar-refractivity contribution is 6.10. The van der Waals surface area contributed by atoms with Crippen LogP contribution in [0.25, 0.3) is 17.1 Å². The van der Waals surface area contributed by atoms with Gasteiger partial charge in [-0.3, -0.25) is 14.9 Å². The van der Waals surface area contributed by atoms with E-state index in [1.165, 1.54) is 13.5 Å². The molecule has 1 aromatic heterocycles. The Labute approximate surface area is 249 Å². The van der Waals surface area contributed by atoms with Crippen LogP contribution in [0, 0.1) is 0 Å².